The highest BCUT2D eigenvalue weighted by atomic mass is 16.6. The molecule has 0 fully saturated rings. The van der Waals surface area contributed by atoms with Crippen molar-refractivity contribution in [2.45, 2.75) is 24.4 Å². The molecule has 18 nitrogen and oxygen atoms in total. The fourth-order valence-corrected chi connectivity index (χ4v) is 4.05. The van der Waals surface area contributed by atoms with Gasteiger partial charge in [-0.05, 0) is 0 Å². The SMILES string of the molecule is NCCOCCOCC(OCCOCCN)C(OCCOCCN)C(OCCOCCN)C(COCCOCCN)OCCOCCN. The largest absolute Gasteiger partial charge is 0.378 e. The number of rotatable bonds is 41. The maximum Gasteiger partial charge on any atom is 0.115 e. The van der Waals surface area contributed by atoms with Gasteiger partial charge in [-0.15, -0.1) is 0 Å². The van der Waals surface area contributed by atoms with Crippen LogP contribution < -0.4 is 34.4 Å². The van der Waals surface area contributed by atoms with E-state index in [1.54, 1.807) is 0 Å². The highest BCUT2D eigenvalue weighted by molar-refractivity contribution is 4.87. The first-order chi connectivity index (χ1) is 23.7. The quantitative estimate of drug-likeness (QED) is 0.0336. The van der Waals surface area contributed by atoms with E-state index in [2.05, 4.69) is 0 Å². The van der Waals surface area contributed by atoms with Gasteiger partial charge in [0, 0.05) is 39.3 Å². The molecule has 18 heteroatoms. The van der Waals surface area contributed by atoms with Crippen molar-refractivity contribution in [1.82, 2.24) is 0 Å². The summed E-state index contributed by atoms with van der Waals surface area (Å²) in [6.45, 7) is 8.76. The topological polar surface area (TPSA) is 267 Å². The fourth-order valence-electron chi connectivity index (χ4n) is 4.05. The van der Waals surface area contributed by atoms with E-state index in [1.807, 2.05) is 0 Å². The van der Waals surface area contributed by atoms with Gasteiger partial charge in [0.25, 0.3) is 0 Å². The van der Waals surface area contributed by atoms with Crippen molar-refractivity contribution in [2.75, 3.05) is 171 Å². The van der Waals surface area contributed by atoms with Gasteiger partial charge in [0.15, 0.2) is 0 Å². The Kier molecular flexibility index (Phi) is 38.5. The molecule has 48 heavy (non-hydrogen) atoms. The Morgan fingerprint density at radius 1 is 0.250 bits per heavy atom. The summed E-state index contributed by atoms with van der Waals surface area (Å²) < 4.78 is 70.8. The van der Waals surface area contributed by atoms with Crippen LogP contribution in [0.25, 0.3) is 0 Å². The summed E-state index contributed by atoms with van der Waals surface area (Å²) in [7, 11) is 0. The molecule has 0 aromatic heterocycles. The van der Waals surface area contributed by atoms with Crippen molar-refractivity contribution in [3.8, 4) is 0 Å². The Morgan fingerprint density at radius 2 is 0.479 bits per heavy atom. The fraction of sp³-hybridized carbons (Fsp3) is 1.00. The summed E-state index contributed by atoms with van der Waals surface area (Å²) in [6.07, 6.45) is -2.68. The van der Waals surface area contributed by atoms with Gasteiger partial charge in [0.1, 0.15) is 24.4 Å². The highest BCUT2D eigenvalue weighted by Crippen LogP contribution is 2.20. The highest BCUT2D eigenvalue weighted by Gasteiger charge is 2.38. The molecule has 4 atom stereocenters. The lowest BCUT2D eigenvalue weighted by atomic mass is 10.0. The Bertz CT molecular complexity index is 577. The van der Waals surface area contributed by atoms with Crippen LogP contribution in [-0.2, 0) is 56.8 Å². The molecular formula is C30H68N6O12. The predicted molar refractivity (Wildman–Crippen MR) is 180 cm³/mol. The first-order valence-corrected chi connectivity index (χ1v) is 17.0. The third-order valence-corrected chi connectivity index (χ3v) is 6.13. The molecule has 4 unspecified atom stereocenters. The molecule has 0 saturated heterocycles. The third kappa shape index (κ3) is 29.1. The van der Waals surface area contributed by atoms with Crippen molar-refractivity contribution in [3.63, 3.8) is 0 Å². The van der Waals surface area contributed by atoms with E-state index in [0.717, 1.165) is 0 Å². The molecule has 0 amide bonds. The molecule has 0 radical (unpaired) electrons. The number of nitrogens with two attached hydrogens (primary N) is 6. The summed E-state index contributed by atoms with van der Waals surface area (Å²) in [5.74, 6) is 0. The summed E-state index contributed by atoms with van der Waals surface area (Å²) in [6, 6.07) is 0. The van der Waals surface area contributed by atoms with Crippen LogP contribution >= 0.6 is 0 Å². The normalized spacial score (nSPS) is 14.4. The summed E-state index contributed by atoms with van der Waals surface area (Å²) >= 11 is 0. The first kappa shape index (κ1) is 47.3. The Labute approximate surface area is 287 Å². The van der Waals surface area contributed by atoms with Gasteiger partial charge in [-0.2, -0.15) is 0 Å². The smallest absolute Gasteiger partial charge is 0.115 e. The minimum absolute atomic E-state index is 0.154. The Hall–Kier alpha value is -0.720. The second-order valence-electron chi connectivity index (χ2n) is 10.0. The average molecular weight is 705 g/mol. The minimum atomic E-state index is -0.715. The van der Waals surface area contributed by atoms with Crippen molar-refractivity contribution in [3.05, 3.63) is 0 Å². The Morgan fingerprint density at radius 3 is 0.750 bits per heavy atom. The van der Waals surface area contributed by atoms with Crippen LogP contribution in [-0.4, -0.2) is 196 Å². The lowest BCUT2D eigenvalue weighted by Crippen LogP contribution is -2.53. The van der Waals surface area contributed by atoms with E-state index in [1.165, 1.54) is 0 Å². The van der Waals surface area contributed by atoms with Crippen molar-refractivity contribution in [2.24, 2.45) is 34.4 Å². The summed E-state index contributed by atoms with van der Waals surface area (Å²) in [5, 5.41) is 0. The second-order valence-corrected chi connectivity index (χ2v) is 10.0. The van der Waals surface area contributed by atoms with Crippen LogP contribution in [0.4, 0.5) is 0 Å². The van der Waals surface area contributed by atoms with Crippen LogP contribution in [0.2, 0.25) is 0 Å². The second kappa shape index (κ2) is 39.1. The minimum Gasteiger partial charge on any atom is -0.378 e. The van der Waals surface area contributed by atoms with Gasteiger partial charge in [-0.3, -0.25) is 0 Å². The van der Waals surface area contributed by atoms with Crippen molar-refractivity contribution < 1.29 is 56.8 Å². The van der Waals surface area contributed by atoms with Crippen LogP contribution in [0.1, 0.15) is 0 Å². The molecular weight excluding hydrogens is 636 g/mol. The first-order valence-electron chi connectivity index (χ1n) is 17.0. The van der Waals surface area contributed by atoms with Gasteiger partial charge in [-0.1, -0.05) is 0 Å². The maximum atomic E-state index is 6.46. The van der Waals surface area contributed by atoms with Crippen LogP contribution in [0, 0.1) is 0 Å². The maximum absolute atomic E-state index is 6.46. The molecule has 0 rings (SSSR count). The molecule has 0 bridgehead atoms. The molecule has 0 heterocycles. The van der Waals surface area contributed by atoms with Gasteiger partial charge < -0.3 is 91.2 Å². The predicted octanol–water partition coefficient (Wildman–Crippen LogP) is -3.59. The molecule has 0 aromatic rings. The summed E-state index contributed by atoms with van der Waals surface area (Å²) in [5.41, 5.74) is 33.4. The average Bonchev–Trinajstić information content (AvgIpc) is 3.09. The van der Waals surface area contributed by atoms with Crippen LogP contribution in [0.3, 0.4) is 0 Å². The van der Waals surface area contributed by atoms with Crippen LogP contribution in [0.15, 0.2) is 0 Å². The number of ether oxygens (including phenoxy) is 12. The molecule has 0 saturated carbocycles. The summed E-state index contributed by atoms with van der Waals surface area (Å²) in [4.78, 5) is 0. The lowest BCUT2D eigenvalue weighted by Gasteiger charge is -2.37. The zero-order valence-electron chi connectivity index (χ0n) is 29.1. The number of hydrogen-bond donors (Lipinski definition) is 6. The van der Waals surface area contributed by atoms with Crippen molar-refractivity contribution in [1.29, 1.82) is 0 Å². The van der Waals surface area contributed by atoms with E-state index >= 15 is 0 Å². The molecule has 0 spiro atoms. The number of hydrogen-bond acceptors (Lipinski definition) is 18. The van der Waals surface area contributed by atoms with E-state index in [-0.39, 0.29) is 39.6 Å². The van der Waals surface area contributed by atoms with E-state index in [4.69, 9.17) is 91.2 Å². The lowest BCUT2D eigenvalue weighted by molar-refractivity contribution is -0.206. The van der Waals surface area contributed by atoms with Gasteiger partial charge in [0.05, 0.1) is 132 Å². The van der Waals surface area contributed by atoms with Gasteiger partial charge in [0.2, 0.25) is 0 Å². The Balaban J connectivity index is 6.18. The van der Waals surface area contributed by atoms with Gasteiger partial charge in [-0.25, -0.2) is 0 Å². The van der Waals surface area contributed by atoms with E-state index in [0.29, 0.717) is 132 Å². The van der Waals surface area contributed by atoms with Crippen LogP contribution in [0.5, 0.6) is 0 Å². The van der Waals surface area contributed by atoms with Crippen molar-refractivity contribution >= 4 is 0 Å². The van der Waals surface area contributed by atoms with E-state index < -0.39 is 24.4 Å². The molecule has 0 aliphatic carbocycles. The molecule has 12 N–H and O–H groups in total. The zero-order chi connectivity index (χ0) is 35.2. The van der Waals surface area contributed by atoms with E-state index in [9.17, 15) is 0 Å². The molecule has 0 aromatic carbocycles. The monoisotopic (exact) mass is 704 g/mol. The molecule has 290 valence electrons. The molecule has 0 aliphatic rings. The standard InChI is InChI=1S/C30H68N6O12/c31-1-7-37-13-15-43-25-27(45-21-17-39-9-3-33)29(47-23-19-41-11-5-35)30(48-24-20-42-12-6-36)28(46-22-18-40-10-4-34)26-44-16-14-38-8-2-32/h27-30H,1-26,31-36H2. The van der Waals surface area contributed by atoms with Gasteiger partial charge >= 0.3 is 0 Å². The molecule has 0 aliphatic heterocycles. The zero-order valence-corrected chi connectivity index (χ0v) is 29.1. The third-order valence-electron chi connectivity index (χ3n) is 6.13.